The summed E-state index contributed by atoms with van der Waals surface area (Å²) in [6, 6.07) is 9.60. The summed E-state index contributed by atoms with van der Waals surface area (Å²) in [4.78, 5) is 28.6. The number of likely N-dealkylation sites (N-methyl/N-ethyl adjacent to an activating group) is 1. The van der Waals surface area contributed by atoms with Crippen molar-refractivity contribution in [3.05, 3.63) is 88.0 Å². The number of thiazole rings is 1. The molecule has 9 heteroatoms. The number of aryl methyl sites for hydroxylation is 2. The fourth-order valence-corrected chi connectivity index (χ4v) is 5.11. The monoisotopic (exact) mass is 515 g/mol. The van der Waals surface area contributed by atoms with Gasteiger partial charge in [0.2, 0.25) is 0 Å². The summed E-state index contributed by atoms with van der Waals surface area (Å²) in [6.45, 7) is 7.88. The first-order chi connectivity index (χ1) is 17.9. The molecule has 0 radical (unpaired) electrons. The first-order valence-corrected chi connectivity index (χ1v) is 13.3. The number of anilines is 1. The summed E-state index contributed by atoms with van der Waals surface area (Å²) in [7, 11) is 2.12. The van der Waals surface area contributed by atoms with Crippen LogP contribution in [0.3, 0.4) is 0 Å². The van der Waals surface area contributed by atoms with Gasteiger partial charge in [-0.15, -0.1) is 11.3 Å². The molecule has 0 bridgehead atoms. The lowest BCUT2D eigenvalue weighted by molar-refractivity contribution is 0.102. The molecule has 1 unspecified atom stereocenters. The Hall–Kier alpha value is -3.69. The maximum atomic E-state index is 13.1. The number of nitrogens with zero attached hydrogens (tertiary/aromatic N) is 6. The topological polar surface area (TPSA) is 88.8 Å². The molecule has 4 rings (SSSR count). The van der Waals surface area contributed by atoms with Gasteiger partial charge in [0, 0.05) is 42.1 Å². The number of amides is 1. The molecule has 1 amide bonds. The zero-order valence-corrected chi connectivity index (χ0v) is 22.6. The molecule has 1 atom stereocenters. The molecule has 4 aromatic rings. The Bertz CT molecular complexity index is 1350. The maximum absolute atomic E-state index is 13.1. The largest absolute Gasteiger partial charge is 0.317 e. The zero-order chi connectivity index (χ0) is 26.2. The van der Waals surface area contributed by atoms with Gasteiger partial charge in [0.1, 0.15) is 5.69 Å². The lowest BCUT2D eigenvalue weighted by atomic mass is 10.0. The van der Waals surface area contributed by atoms with Gasteiger partial charge in [-0.1, -0.05) is 19.1 Å². The molecular weight excluding hydrogens is 482 g/mol. The fraction of sp³-hybridized carbons (Fsp3) is 0.321. The van der Waals surface area contributed by atoms with Crippen molar-refractivity contribution in [2.75, 3.05) is 25.5 Å². The Labute approximate surface area is 222 Å². The van der Waals surface area contributed by atoms with Crippen molar-refractivity contribution in [1.29, 1.82) is 0 Å². The summed E-state index contributed by atoms with van der Waals surface area (Å²) in [5.74, 6) is 0.651. The number of carbonyl (C=O) groups excluding carboxylic acids is 1. The molecule has 4 aromatic heterocycles. The van der Waals surface area contributed by atoms with Crippen LogP contribution in [0.5, 0.6) is 0 Å². The average molecular weight is 516 g/mol. The predicted molar refractivity (Wildman–Crippen MR) is 149 cm³/mol. The van der Waals surface area contributed by atoms with Crippen LogP contribution in [0, 0.1) is 13.8 Å². The van der Waals surface area contributed by atoms with Gasteiger partial charge in [0.05, 0.1) is 16.4 Å². The number of hydrogen-bond donors (Lipinski definition) is 1. The van der Waals surface area contributed by atoms with E-state index in [1.807, 2.05) is 43.5 Å². The van der Waals surface area contributed by atoms with Crippen molar-refractivity contribution in [2.24, 2.45) is 0 Å². The highest BCUT2D eigenvalue weighted by molar-refractivity contribution is 7.10. The number of rotatable bonds is 11. The minimum atomic E-state index is -0.244. The summed E-state index contributed by atoms with van der Waals surface area (Å²) < 4.78 is 1.74. The van der Waals surface area contributed by atoms with Crippen molar-refractivity contribution in [2.45, 2.75) is 39.5 Å². The number of pyridine rings is 2. The molecule has 4 heterocycles. The number of aromatic nitrogens is 5. The average Bonchev–Trinajstić information content (AvgIpc) is 3.52. The molecule has 0 saturated heterocycles. The smallest absolute Gasteiger partial charge is 0.275 e. The van der Waals surface area contributed by atoms with Gasteiger partial charge in [-0.3, -0.25) is 9.78 Å². The van der Waals surface area contributed by atoms with E-state index in [-0.39, 0.29) is 5.91 Å². The Kier molecular flexibility index (Phi) is 8.92. The molecule has 0 spiro atoms. The second kappa shape index (κ2) is 12.5. The summed E-state index contributed by atoms with van der Waals surface area (Å²) in [5, 5.41) is 10.3. The third kappa shape index (κ3) is 6.96. The number of hydrogen-bond acceptors (Lipinski definition) is 7. The van der Waals surface area contributed by atoms with E-state index in [0.29, 0.717) is 23.1 Å². The van der Waals surface area contributed by atoms with Gasteiger partial charge in [-0.05, 0) is 76.2 Å². The lowest BCUT2D eigenvalue weighted by Crippen LogP contribution is -2.21. The van der Waals surface area contributed by atoms with Crippen LogP contribution in [0.1, 0.15) is 58.1 Å². The van der Waals surface area contributed by atoms with Crippen LogP contribution in [0.15, 0.2) is 60.4 Å². The highest BCUT2D eigenvalue weighted by Gasteiger charge is 2.19. The van der Waals surface area contributed by atoms with Gasteiger partial charge >= 0.3 is 0 Å². The van der Waals surface area contributed by atoms with Gasteiger partial charge in [0.25, 0.3) is 5.91 Å². The van der Waals surface area contributed by atoms with E-state index in [9.17, 15) is 4.79 Å². The van der Waals surface area contributed by atoms with E-state index in [4.69, 9.17) is 4.98 Å². The quantitative estimate of drug-likeness (QED) is 0.283. The Morgan fingerprint density at radius 3 is 2.76 bits per heavy atom. The molecule has 0 saturated carbocycles. The minimum Gasteiger partial charge on any atom is -0.317 e. The molecule has 0 aliphatic heterocycles. The first-order valence-electron chi connectivity index (χ1n) is 12.4. The fourth-order valence-electron chi connectivity index (χ4n) is 4.09. The van der Waals surface area contributed by atoms with Crippen LogP contribution in [-0.4, -0.2) is 55.7 Å². The van der Waals surface area contributed by atoms with E-state index < -0.39 is 0 Å². The normalized spacial score (nSPS) is 12.4. The van der Waals surface area contributed by atoms with Crippen molar-refractivity contribution in [1.82, 2.24) is 29.6 Å². The van der Waals surface area contributed by atoms with Crippen LogP contribution in [0.4, 0.5) is 5.69 Å². The highest BCUT2D eigenvalue weighted by Crippen LogP contribution is 2.27. The van der Waals surface area contributed by atoms with E-state index in [1.165, 1.54) is 0 Å². The van der Waals surface area contributed by atoms with Gasteiger partial charge in [-0.2, -0.15) is 5.10 Å². The standard InChI is InChI=1S/C28H33N7OS/c1-5-23(12-17-34(4)16-7-8-22-10-14-29-15-11-22)28-32-25(19-37-28)27(36)31-24-9-6-13-30-26(24)35-21(3)18-20(2)33-35/h6-11,13-15,18-19,23H,5,12,16-17H2,1-4H3,(H,31,36)/b8-7-. The maximum Gasteiger partial charge on any atom is 0.275 e. The molecule has 192 valence electrons. The molecule has 1 N–H and O–H groups in total. The molecular formula is C28H33N7OS. The highest BCUT2D eigenvalue weighted by atomic mass is 32.1. The summed E-state index contributed by atoms with van der Waals surface area (Å²) in [5.41, 5.74) is 4.02. The van der Waals surface area contributed by atoms with E-state index in [1.54, 1.807) is 40.7 Å². The first kappa shape index (κ1) is 26.4. The molecule has 0 aromatic carbocycles. The molecule has 8 nitrogen and oxygen atoms in total. The van der Waals surface area contributed by atoms with Crippen molar-refractivity contribution in [3.8, 4) is 5.82 Å². The zero-order valence-electron chi connectivity index (χ0n) is 21.8. The van der Waals surface area contributed by atoms with Crippen LogP contribution in [0.25, 0.3) is 11.9 Å². The Morgan fingerprint density at radius 2 is 2.03 bits per heavy atom. The summed E-state index contributed by atoms with van der Waals surface area (Å²) in [6.07, 6.45) is 11.5. The van der Waals surface area contributed by atoms with Gasteiger partial charge in [-0.25, -0.2) is 14.6 Å². The number of carbonyl (C=O) groups is 1. The molecule has 0 aliphatic rings. The second-order valence-electron chi connectivity index (χ2n) is 9.08. The SMILES string of the molecule is CCC(CCN(C)C/C=C\c1ccncc1)c1nc(C(=O)Nc2cccnc2-n2nc(C)cc2C)cs1. The van der Waals surface area contributed by atoms with Crippen molar-refractivity contribution in [3.63, 3.8) is 0 Å². The second-order valence-corrected chi connectivity index (χ2v) is 9.97. The van der Waals surface area contributed by atoms with E-state index in [2.05, 4.69) is 51.4 Å². The third-order valence-electron chi connectivity index (χ3n) is 6.13. The lowest BCUT2D eigenvalue weighted by Gasteiger charge is -2.18. The minimum absolute atomic E-state index is 0.244. The summed E-state index contributed by atoms with van der Waals surface area (Å²) >= 11 is 1.55. The predicted octanol–water partition coefficient (Wildman–Crippen LogP) is 5.52. The van der Waals surface area contributed by atoms with Gasteiger partial charge in [0.15, 0.2) is 5.82 Å². The third-order valence-corrected chi connectivity index (χ3v) is 7.14. The molecule has 0 fully saturated rings. The van der Waals surface area contributed by atoms with Crippen LogP contribution < -0.4 is 5.32 Å². The Morgan fingerprint density at radius 1 is 1.22 bits per heavy atom. The molecule has 0 aliphatic carbocycles. The molecule has 37 heavy (non-hydrogen) atoms. The number of nitrogens with one attached hydrogen (secondary N) is 1. The van der Waals surface area contributed by atoms with Crippen LogP contribution in [0.2, 0.25) is 0 Å². The van der Waals surface area contributed by atoms with E-state index >= 15 is 0 Å². The van der Waals surface area contributed by atoms with Crippen molar-refractivity contribution < 1.29 is 4.79 Å². The Balaban J connectivity index is 1.36. The van der Waals surface area contributed by atoms with Crippen LogP contribution >= 0.6 is 11.3 Å². The van der Waals surface area contributed by atoms with Crippen molar-refractivity contribution >= 4 is 29.0 Å². The van der Waals surface area contributed by atoms with Gasteiger partial charge < -0.3 is 10.2 Å². The van der Waals surface area contributed by atoms with E-state index in [0.717, 1.165) is 47.9 Å². The van der Waals surface area contributed by atoms with Crippen LogP contribution in [-0.2, 0) is 0 Å².